The van der Waals surface area contributed by atoms with E-state index in [1.807, 2.05) is 4.90 Å². The number of carbonyl (C=O) groups excluding carboxylic acids is 2. The first-order valence-electron chi connectivity index (χ1n) is 12.3. The van der Waals surface area contributed by atoms with Gasteiger partial charge in [-0.2, -0.15) is 0 Å². The Hall–Kier alpha value is -2.18. The van der Waals surface area contributed by atoms with Crippen LogP contribution in [0.25, 0.3) is 6.08 Å². The molecule has 172 valence electrons. The molecule has 4 aliphatic rings. The van der Waals surface area contributed by atoms with Crippen molar-refractivity contribution in [2.24, 2.45) is 5.92 Å². The van der Waals surface area contributed by atoms with Crippen molar-refractivity contribution in [2.75, 3.05) is 59.0 Å². The van der Waals surface area contributed by atoms with Crippen LogP contribution in [0.2, 0.25) is 0 Å². The number of hydrogen-bond donors (Lipinski definition) is 0. The van der Waals surface area contributed by atoms with Crippen LogP contribution in [-0.2, 0) is 19.7 Å². The van der Waals surface area contributed by atoms with E-state index >= 15 is 0 Å². The summed E-state index contributed by atoms with van der Waals surface area (Å²) in [7, 11) is 0. The topological polar surface area (TPSA) is 53.1 Å². The van der Waals surface area contributed by atoms with Crippen molar-refractivity contribution in [3.8, 4) is 0 Å². The fourth-order valence-electron chi connectivity index (χ4n) is 5.90. The van der Waals surface area contributed by atoms with Gasteiger partial charge in [-0.3, -0.25) is 14.5 Å². The summed E-state index contributed by atoms with van der Waals surface area (Å²) < 4.78 is 5.41. The lowest BCUT2D eigenvalue weighted by Crippen LogP contribution is -2.51. The van der Waals surface area contributed by atoms with Crippen molar-refractivity contribution in [1.82, 2.24) is 14.7 Å². The molecule has 3 saturated heterocycles. The zero-order chi connectivity index (χ0) is 22.0. The predicted molar refractivity (Wildman–Crippen MR) is 124 cm³/mol. The molecule has 2 amide bonds. The highest BCUT2D eigenvalue weighted by molar-refractivity contribution is 5.84. The highest BCUT2D eigenvalue weighted by atomic mass is 16.5. The van der Waals surface area contributed by atoms with Crippen LogP contribution in [0.4, 0.5) is 0 Å². The Morgan fingerprint density at radius 1 is 1.06 bits per heavy atom. The summed E-state index contributed by atoms with van der Waals surface area (Å²) in [6, 6.07) is 8.65. The van der Waals surface area contributed by atoms with Crippen LogP contribution < -0.4 is 0 Å². The summed E-state index contributed by atoms with van der Waals surface area (Å²) in [5.41, 5.74) is 2.84. The Balaban J connectivity index is 1.13. The van der Waals surface area contributed by atoms with Gasteiger partial charge in [-0.25, -0.2) is 0 Å². The van der Waals surface area contributed by atoms with Crippen molar-refractivity contribution in [1.29, 1.82) is 0 Å². The standard InChI is InChI=1S/C26H35N3O3/c30-24-7-6-22(20-29(24)13-3-12-27-16-18-32-19-17-27)25(31)28-14-10-26(11-15-28)9-8-21-4-1-2-5-23(21)26/h1-2,4-5,8-9,22H,3,6-7,10-20H2/t22-/m1/s1. The lowest BCUT2D eigenvalue weighted by Gasteiger charge is -2.41. The van der Waals surface area contributed by atoms with Crippen LogP contribution in [0.1, 0.15) is 43.2 Å². The van der Waals surface area contributed by atoms with E-state index in [-0.39, 0.29) is 23.1 Å². The van der Waals surface area contributed by atoms with Crippen LogP contribution in [0.3, 0.4) is 0 Å². The second-order valence-electron chi connectivity index (χ2n) is 9.78. The molecule has 3 heterocycles. The molecule has 1 aromatic carbocycles. The number of nitrogens with zero attached hydrogens (tertiary/aromatic N) is 3. The molecule has 0 aromatic heterocycles. The average Bonchev–Trinajstić information content (AvgIpc) is 3.19. The van der Waals surface area contributed by atoms with Crippen LogP contribution in [0.5, 0.6) is 0 Å². The molecule has 6 heteroatoms. The number of allylic oxidation sites excluding steroid dienone is 1. The summed E-state index contributed by atoms with van der Waals surface area (Å²) in [6.45, 7) is 7.51. The molecule has 5 rings (SSSR count). The Kier molecular flexibility index (Phi) is 6.33. The van der Waals surface area contributed by atoms with E-state index < -0.39 is 0 Å². The van der Waals surface area contributed by atoms with E-state index in [0.717, 1.165) is 71.7 Å². The van der Waals surface area contributed by atoms with Crippen LogP contribution >= 0.6 is 0 Å². The molecule has 1 atom stereocenters. The van der Waals surface area contributed by atoms with Gasteiger partial charge in [-0.1, -0.05) is 36.4 Å². The van der Waals surface area contributed by atoms with E-state index in [9.17, 15) is 9.59 Å². The zero-order valence-electron chi connectivity index (χ0n) is 19.0. The molecule has 3 aliphatic heterocycles. The van der Waals surface area contributed by atoms with E-state index in [2.05, 4.69) is 46.2 Å². The quantitative estimate of drug-likeness (QED) is 0.711. The minimum Gasteiger partial charge on any atom is -0.379 e. The fraction of sp³-hybridized carbons (Fsp3) is 0.615. The average molecular weight is 438 g/mol. The first kappa shape index (κ1) is 21.7. The first-order valence-corrected chi connectivity index (χ1v) is 12.3. The molecule has 6 nitrogen and oxygen atoms in total. The third kappa shape index (κ3) is 4.35. The van der Waals surface area contributed by atoms with Crippen molar-refractivity contribution in [3.63, 3.8) is 0 Å². The van der Waals surface area contributed by atoms with Crippen LogP contribution in [0.15, 0.2) is 30.3 Å². The van der Waals surface area contributed by atoms with Gasteiger partial charge in [0, 0.05) is 57.6 Å². The van der Waals surface area contributed by atoms with Gasteiger partial charge < -0.3 is 14.5 Å². The Morgan fingerprint density at radius 2 is 1.84 bits per heavy atom. The SMILES string of the molecule is O=C1CC[C@@H](C(=O)N2CCC3(C=Cc4ccccc43)CC2)CN1CCCN1CCOCC1. The number of piperidine rings is 2. The maximum absolute atomic E-state index is 13.3. The molecular formula is C26H35N3O3. The first-order chi connectivity index (χ1) is 15.6. The van der Waals surface area contributed by atoms with Gasteiger partial charge in [0.1, 0.15) is 0 Å². The largest absolute Gasteiger partial charge is 0.379 e. The summed E-state index contributed by atoms with van der Waals surface area (Å²) in [5, 5.41) is 0. The number of benzene rings is 1. The molecule has 0 saturated carbocycles. The molecule has 1 aliphatic carbocycles. The summed E-state index contributed by atoms with van der Waals surface area (Å²) in [4.78, 5) is 32.2. The number of likely N-dealkylation sites (tertiary alicyclic amines) is 2. The zero-order valence-corrected chi connectivity index (χ0v) is 19.0. The van der Waals surface area contributed by atoms with Crippen molar-refractivity contribution < 1.29 is 14.3 Å². The van der Waals surface area contributed by atoms with Gasteiger partial charge >= 0.3 is 0 Å². The van der Waals surface area contributed by atoms with E-state index in [4.69, 9.17) is 4.74 Å². The third-order valence-corrected chi connectivity index (χ3v) is 7.90. The monoisotopic (exact) mass is 437 g/mol. The Labute approximate surface area is 191 Å². The van der Waals surface area contributed by atoms with E-state index in [1.54, 1.807) is 0 Å². The van der Waals surface area contributed by atoms with Gasteiger partial charge in [0.15, 0.2) is 0 Å². The van der Waals surface area contributed by atoms with E-state index in [1.165, 1.54) is 11.1 Å². The minimum absolute atomic E-state index is 0.0449. The normalized spacial score (nSPS) is 25.4. The van der Waals surface area contributed by atoms with Gasteiger partial charge in [-0.05, 0) is 36.8 Å². The lowest BCUT2D eigenvalue weighted by atomic mass is 9.74. The van der Waals surface area contributed by atoms with Crippen molar-refractivity contribution >= 4 is 17.9 Å². The number of rotatable bonds is 5. The Morgan fingerprint density at radius 3 is 2.66 bits per heavy atom. The molecular weight excluding hydrogens is 402 g/mol. The molecule has 1 spiro atoms. The summed E-state index contributed by atoms with van der Waals surface area (Å²) in [6.07, 6.45) is 8.74. The molecule has 0 bridgehead atoms. The van der Waals surface area contributed by atoms with E-state index in [0.29, 0.717) is 19.4 Å². The van der Waals surface area contributed by atoms with Crippen LogP contribution in [-0.4, -0.2) is 85.5 Å². The van der Waals surface area contributed by atoms with Gasteiger partial charge in [0.25, 0.3) is 0 Å². The molecule has 1 aromatic rings. The van der Waals surface area contributed by atoms with Gasteiger partial charge in [-0.15, -0.1) is 0 Å². The van der Waals surface area contributed by atoms with Crippen molar-refractivity contribution in [3.05, 3.63) is 41.5 Å². The van der Waals surface area contributed by atoms with Crippen LogP contribution in [0, 0.1) is 5.92 Å². The number of fused-ring (bicyclic) bond motifs is 2. The number of ether oxygens (including phenoxy) is 1. The second-order valence-corrected chi connectivity index (χ2v) is 9.78. The minimum atomic E-state index is -0.0449. The number of carbonyl (C=O) groups is 2. The van der Waals surface area contributed by atoms with Crippen molar-refractivity contribution in [2.45, 2.75) is 37.5 Å². The lowest BCUT2D eigenvalue weighted by molar-refractivity contribution is -0.144. The molecule has 32 heavy (non-hydrogen) atoms. The summed E-state index contributed by atoms with van der Waals surface area (Å²) in [5.74, 6) is 0.415. The Bertz CT molecular complexity index is 869. The fourth-order valence-corrected chi connectivity index (χ4v) is 5.90. The molecule has 3 fully saturated rings. The summed E-state index contributed by atoms with van der Waals surface area (Å²) >= 11 is 0. The van der Waals surface area contributed by atoms with Gasteiger partial charge in [0.05, 0.1) is 19.1 Å². The third-order valence-electron chi connectivity index (χ3n) is 7.90. The maximum Gasteiger partial charge on any atom is 0.227 e. The highest BCUT2D eigenvalue weighted by Crippen LogP contribution is 2.43. The number of morpholine rings is 1. The number of hydrogen-bond acceptors (Lipinski definition) is 4. The molecule has 0 N–H and O–H groups in total. The number of amides is 2. The smallest absolute Gasteiger partial charge is 0.227 e. The molecule has 0 radical (unpaired) electrons. The highest BCUT2D eigenvalue weighted by Gasteiger charge is 2.40. The molecule has 0 unspecified atom stereocenters. The van der Waals surface area contributed by atoms with Gasteiger partial charge in [0.2, 0.25) is 11.8 Å². The second kappa shape index (κ2) is 9.36. The maximum atomic E-state index is 13.3. The predicted octanol–water partition coefficient (Wildman–Crippen LogP) is 2.53.